The number of benzene rings is 2. The lowest BCUT2D eigenvalue weighted by Gasteiger charge is -2.28. The lowest BCUT2D eigenvalue weighted by atomic mass is 9.96. The van der Waals surface area contributed by atoms with Crippen LogP contribution in [0.25, 0.3) is 5.69 Å². The molecule has 0 radical (unpaired) electrons. The molecule has 36 heavy (non-hydrogen) atoms. The maximum atomic E-state index is 12.8. The minimum Gasteiger partial charge on any atom is -0.352 e. The molecule has 2 N–H and O–H groups in total. The van der Waals surface area contributed by atoms with Crippen molar-refractivity contribution in [3.05, 3.63) is 114 Å². The fraction of sp³-hybridized carbons (Fsp3) is 0.207. The van der Waals surface area contributed by atoms with Gasteiger partial charge in [0.05, 0.1) is 17.8 Å². The van der Waals surface area contributed by atoms with E-state index in [-0.39, 0.29) is 18.0 Å². The highest BCUT2D eigenvalue weighted by Gasteiger charge is 2.41. The van der Waals surface area contributed by atoms with E-state index >= 15 is 0 Å². The van der Waals surface area contributed by atoms with Crippen LogP contribution in [0, 0.1) is 13.8 Å². The van der Waals surface area contributed by atoms with Gasteiger partial charge in [0.15, 0.2) is 5.11 Å². The second-order valence-electron chi connectivity index (χ2n) is 8.98. The molecule has 3 heterocycles. The van der Waals surface area contributed by atoms with Gasteiger partial charge < -0.3 is 20.1 Å². The summed E-state index contributed by atoms with van der Waals surface area (Å²) < 4.78 is 2.27. The Morgan fingerprint density at radius 2 is 1.69 bits per heavy atom. The number of aryl methyl sites for hydroxylation is 1. The number of para-hydroxylation sites is 2. The Labute approximate surface area is 217 Å². The maximum absolute atomic E-state index is 12.8. The summed E-state index contributed by atoms with van der Waals surface area (Å²) in [5.74, 6) is -0.0428. The minimum absolute atomic E-state index is 0.0428. The molecule has 1 fully saturated rings. The molecule has 4 aromatic rings. The zero-order valence-corrected chi connectivity index (χ0v) is 21.2. The van der Waals surface area contributed by atoms with Crippen LogP contribution in [0.4, 0.5) is 5.69 Å². The van der Waals surface area contributed by atoms with Crippen molar-refractivity contribution in [1.29, 1.82) is 0 Å². The molecule has 1 amide bonds. The smallest absolute Gasteiger partial charge is 0.226 e. The van der Waals surface area contributed by atoms with E-state index in [0.29, 0.717) is 18.1 Å². The van der Waals surface area contributed by atoms with Gasteiger partial charge in [-0.25, -0.2) is 0 Å². The summed E-state index contributed by atoms with van der Waals surface area (Å²) in [5.41, 5.74) is 6.30. The summed E-state index contributed by atoms with van der Waals surface area (Å²) in [6.45, 7) is 4.76. The average molecular weight is 496 g/mol. The van der Waals surface area contributed by atoms with Crippen LogP contribution < -0.4 is 10.6 Å². The number of pyridine rings is 1. The number of hydrogen-bond donors (Lipinski definition) is 2. The molecular formula is C29H29N5OS. The molecule has 2 unspecified atom stereocenters. The largest absolute Gasteiger partial charge is 0.352 e. The van der Waals surface area contributed by atoms with Crippen LogP contribution in [0.3, 0.4) is 0 Å². The monoisotopic (exact) mass is 495 g/mol. The van der Waals surface area contributed by atoms with E-state index in [1.54, 1.807) is 6.20 Å². The molecule has 0 bridgehead atoms. The first kappa shape index (κ1) is 23.8. The van der Waals surface area contributed by atoms with Gasteiger partial charge in [0, 0.05) is 41.9 Å². The molecule has 7 heteroatoms. The van der Waals surface area contributed by atoms with E-state index in [2.05, 4.69) is 69.3 Å². The summed E-state index contributed by atoms with van der Waals surface area (Å²) in [6.07, 6.45) is 2.12. The van der Waals surface area contributed by atoms with Crippen molar-refractivity contribution in [2.24, 2.45) is 0 Å². The molecule has 1 aliphatic heterocycles. The first-order valence-electron chi connectivity index (χ1n) is 12.1. The molecule has 1 saturated heterocycles. The fourth-order valence-corrected chi connectivity index (χ4v) is 5.35. The SMILES string of the molecule is Cc1cc(C2C(c3ccccn3)NC(=S)N2CCC(=O)Nc2ccccc2)c(C)n1-c1ccccc1. The molecule has 2 atom stereocenters. The highest BCUT2D eigenvalue weighted by atomic mass is 32.1. The third kappa shape index (κ3) is 4.75. The Hall–Kier alpha value is -3.97. The normalized spacial score (nSPS) is 17.2. The Kier molecular flexibility index (Phi) is 6.82. The molecular weight excluding hydrogens is 466 g/mol. The molecule has 6 nitrogen and oxygen atoms in total. The van der Waals surface area contributed by atoms with Gasteiger partial charge >= 0.3 is 0 Å². The summed E-state index contributed by atoms with van der Waals surface area (Å²) >= 11 is 5.80. The number of anilines is 1. The van der Waals surface area contributed by atoms with Crippen molar-refractivity contribution >= 4 is 28.9 Å². The van der Waals surface area contributed by atoms with Gasteiger partial charge in [0.2, 0.25) is 5.91 Å². The number of hydrogen-bond acceptors (Lipinski definition) is 3. The van der Waals surface area contributed by atoms with Crippen LogP contribution in [-0.4, -0.2) is 32.0 Å². The van der Waals surface area contributed by atoms with Gasteiger partial charge in [-0.05, 0) is 74.1 Å². The van der Waals surface area contributed by atoms with E-state index in [9.17, 15) is 4.79 Å². The zero-order chi connectivity index (χ0) is 25.1. The molecule has 5 rings (SSSR count). The third-order valence-electron chi connectivity index (χ3n) is 6.64. The van der Waals surface area contributed by atoms with Crippen LogP contribution >= 0.6 is 12.2 Å². The van der Waals surface area contributed by atoms with Gasteiger partial charge in [-0.3, -0.25) is 9.78 Å². The van der Waals surface area contributed by atoms with E-state index in [0.717, 1.165) is 28.5 Å². The maximum Gasteiger partial charge on any atom is 0.226 e. The molecule has 2 aromatic carbocycles. The van der Waals surface area contributed by atoms with Crippen molar-refractivity contribution in [1.82, 2.24) is 19.8 Å². The van der Waals surface area contributed by atoms with E-state index < -0.39 is 0 Å². The third-order valence-corrected chi connectivity index (χ3v) is 6.99. The summed E-state index contributed by atoms with van der Waals surface area (Å²) in [6, 6.07) is 27.8. The zero-order valence-electron chi connectivity index (χ0n) is 20.4. The van der Waals surface area contributed by atoms with Gasteiger partial charge in [0.25, 0.3) is 0 Å². The number of thiocarbonyl (C=S) groups is 1. The predicted octanol–water partition coefficient (Wildman–Crippen LogP) is 5.49. The number of nitrogens with zero attached hydrogens (tertiary/aromatic N) is 3. The molecule has 1 aliphatic rings. The highest BCUT2D eigenvalue weighted by molar-refractivity contribution is 7.80. The van der Waals surface area contributed by atoms with Crippen LogP contribution in [0.15, 0.2) is 91.1 Å². The van der Waals surface area contributed by atoms with Crippen LogP contribution in [0.1, 0.15) is 41.1 Å². The van der Waals surface area contributed by atoms with Gasteiger partial charge in [-0.15, -0.1) is 0 Å². The molecule has 0 aliphatic carbocycles. The summed E-state index contributed by atoms with van der Waals surface area (Å²) in [5, 5.41) is 7.10. The first-order valence-corrected chi connectivity index (χ1v) is 12.5. The highest BCUT2D eigenvalue weighted by Crippen LogP contribution is 2.41. The lowest BCUT2D eigenvalue weighted by molar-refractivity contribution is -0.116. The molecule has 182 valence electrons. The number of rotatable bonds is 7. The molecule has 0 saturated carbocycles. The minimum atomic E-state index is -0.124. The average Bonchev–Trinajstić information content (AvgIpc) is 3.38. The van der Waals surface area contributed by atoms with Crippen LogP contribution in [0.5, 0.6) is 0 Å². The number of aromatic nitrogens is 2. The second-order valence-corrected chi connectivity index (χ2v) is 9.37. The molecule has 2 aromatic heterocycles. The quantitative estimate of drug-likeness (QED) is 0.332. The second kappa shape index (κ2) is 10.3. The summed E-state index contributed by atoms with van der Waals surface area (Å²) in [7, 11) is 0. The number of carbonyl (C=O) groups excluding carboxylic acids is 1. The Morgan fingerprint density at radius 3 is 2.39 bits per heavy atom. The number of amides is 1. The van der Waals surface area contributed by atoms with Crippen molar-refractivity contribution in [2.45, 2.75) is 32.4 Å². The first-order chi connectivity index (χ1) is 17.5. The number of carbonyl (C=O) groups is 1. The summed E-state index contributed by atoms with van der Waals surface area (Å²) in [4.78, 5) is 19.5. The van der Waals surface area contributed by atoms with Gasteiger partial charge in [-0.1, -0.05) is 42.5 Å². The fourth-order valence-electron chi connectivity index (χ4n) is 5.01. The Balaban J connectivity index is 1.47. The van der Waals surface area contributed by atoms with E-state index in [4.69, 9.17) is 12.2 Å². The van der Waals surface area contributed by atoms with Crippen molar-refractivity contribution < 1.29 is 4.79 Å². The van der Waals surface area contributed by atoms with Crippen LogP contribution in [-0.2, 0) is 4.79 Å². The Morgan fingerprint density at radius 1 is 1.00 bits per heavy atom. The number of nitrogens with one attached hydrogen (secondary N) is 2. The van der Waals surface area contributed by atoms with Crippen molar-refractivity contribution in [3.63, 3.8) is 0 Å². The Bertz CT molecular complexity index is 1350. The lowest BCUT2D eigenvalue weighted by Crippen LogP contribution is -2.32. The van der Waals surface area contributed by atoms with Crippen LogP contribution in [0.2, 0.25) is 0 Å². The van der Waals surface area contributed by atoms with E-state index in [1.807, 2.05) is 54.6 Å². The van der Waals surface area contributed by atoms with Gasteiger partial charge in [0.1, 0.15) is 0 Å². The van der Waals surface area contributed by atoms with E-state index in [1.165, 1.54) is 5.56 Å². The van der Waals surface area contributed by atoms with Gasteiger partial charge in [-0.2, -0.15) is 0 Å². The molecule has 0 spiro atoms. The standard InChI is InChI=1S/C29H29N5OS/c1-20-19-24(21(2)34(20)23-13-7-4-8-14-23)28-27(25-15-9-10-17-30-25)32-29(36)33(28)18-16-26(35)31-22-11-5-3-6-12-22/h3-15,17,19,27-28H,16,18H2,1-2H3,(H,31,35)(H,32,36). The van der Waals surface area contributed by atoms with Crippen molar-refractivity contribution in [3.8, 4) is 5.69 Å². The van der Waals surface area contributed by atoms with Crippen molar-refractivity contribution in [2.75, 3.05) is 11.9 Å². The predicted molar refractivity (Wildman–Crippen MR) is 147 cm³/mol. The topological polar surface area (TPSA) is 62.2 Å².